The molecule has 1 heterocycles. The van der Waals surface area contributed by atoms with Gasteiger partial charge >= 0.3 is 0 Å². The molecule has 0 aliphatic carbocycles. The summed E-state index contributed by atoms with van der Waals surface area (Å²) in [7, 11) is 3.42. The maximum absolute atomic E-state index is 5.85. The van der Waals surface area contributed by atoms with Crippen LogP contribution in [0.15, 0.2) is 41.5 Å². The molecular formula is C22H32N4O3. The van der Waals surface area contributed by atoms with Gasteiger partial charge in [-0.2, -0.15) is 0 Å². The van der Waals surface area contributed by atoms with Gasteiger partial charge in [0.25, 0.3) is 0 Å². The first-order chi connectivity index (χ1) is 14.2. The molecule has 0 bridgehead atoms. The van der Waals surface area contributed by atoms with Crippen LogP contribution < -0.4 is 20.1 Å². The van der Waals surface area contributed by atoms with E-state index in [2.05, 4.69) is 39.7 Å². The van der Waals surface area contributed by atoms with Gasteiger partial charge < -0.3 is 24.8 Å². The van der Waals surface area contributed by atoms with Gasteiger partial charge in [-0.3, -0.25) is 4.99 Å². The molecule has 0 unspecified atom stereocenters. The Hall–Kier alpha value is -2.80. The van der Waals surface area contributed by atoms with E-state index in [-0.39, 0.29) is 0 Å². The smallest absolute Gasteiger partial charge is 0.213 e. The highest BCUT2D eigenvalue weighted by molar-refractivity contribution is 5.79. The fourth-order valence-electron chi connectivity index (χ4n) is 2.57. The van der Waals surface area contributed by atoms with Gasteiger partial charge in [-0.05, 0) is 30.5 Å². The number of aromatic nitrogens is 1. The number of hydrogen-bond donors (Lipinski definition) is 2. The van der Waals surface area contributed by atoms with Gasteiger partial charge in [-0.25, -0.2) is 4.98 Å². The average molecular weight is 401 g/mol. The largest absolute Gasteiger partial charge is 0.491 e. The van der Waals surface area contributed by atoms with Gasteiger partial charge in [0.2, 0.25) is 5.88 Å². The summed E-state index contributed by atoms with van der Waals surface area (Å²) in [4.78, 5) is 8.61. The van der Waals surface area contributed by atoms with Crippen LogP contribution in [0.1, 0.15) is 30.0 Å². The highest BCUT2D eigenvalue weighted by Gasteiger charge is 2.06. The third-order valence-corrected chi connectivity index (χ3v) is 4.15. The number of pyridine rings is 1. The summed E-state index contributed by atoms with van der Waals surface area (Å²) in [5.41, 5.74) is 3.27. The van der Waals surface area contributed by atoms with Crippen LogP contribution in [-0.2, 0) is 17.8 Å². The lowest BCUT2D eigenvalue weighted by Crippen LogP contribution is -2.36. The Morgan fingerprint density at radius 1 is 1.03 bits per heavy atom. The average Bonchev–Trinajstić information content (AvgIpc) is 2.74. The molecule has 0 saturated heterocycles. The maximum atomic E-state index is 5.85. The van der Waals surface area contributed by atoms with Gasteiger partial charge in [-0.15, -0.1) is 0 Å². The second-order valence-corrected chi connectivity index (χ2v) is 6.58. The standard InChI is InChI=1S/C22H32N4O3/c1-5-10-29-21-9-7-18(14-24-21)15-25-22(23-3)26-16-19-8-6-17(2)13-20(19)28-12-11-27-4/h6-9,13-14H,5,10-12,15-16H2,1-4H3,(H2,23,25,26). The predicted molar refractivity (Wildman–Crippen MR) is 116 cm³/mol. The summed E-state index contributed by atoms with van der Waals surface area (Å²) in [6, 6.07) is 10.1. The van der Waals surface area contributed by atoms with Crippen LogP contribution in [0.25, 0.3) is 0 Å². The van der Waals surface area contributed by atoms with Crippen molar-refractivity contribution in [3.8, 4) is 11.6 Å². The number of methoxy groups -OCH3 is 1. The molecule has 2 N–H and O–H groups in total. The molecule has 7 nitrogen and oxygen atoms in total. The first-order valence-electron chi connectivity index (χ1n) is 9.89. The van der Waals surface area contributed by atoms with Crippen molar-refractivity contribution in [1.29, 1.82) is 0 Å². The zero-order valence-electron chi connectivity index (χ0n) is 17.8. The van der Waals surface area contributed by atoms with Crippen LogP contribution in [0.5, 0.6) is 11.6 Å². The molecule has 1 aromatic heterocycles. The van der Waals surface area contributed by atoms with Gasteiger partial charge in [0.1, 0.15) is 12.4 Å². The second kappa shape index (κ2) is 12.6. The van der Waals surface area contributed by atoms with Crippen LogP contribution in [0.4, 0.5) is 0 Å². The number of ether oxygens (including phenoxy) is 3. The van der Waals surface area contributed by atoms with E-state index in [4.69, 9.17) is 14.2 Å². The van der Waals surface area contributed by atoms with Crippen molar-refractivity contribution >= 4 is 5.96 Å². The van der Waals surface area contributed by atoms with Crippen molar-refractivity contribution in [3.63, 3.8) is 0 Å². The lowest BCUT2D eigenvalue weighted by atomic mass is 10.1. The van der Waals surface area contributed by atoms with Crippen molar-refractivity contribution < 1.29 is 14.2 Å². The molecule has 0 aliphatic rings. The molecule has 0 aliphatic heterocycles. The van der Waals surface area contributed by atoms with Crippen LogP contribution in [-0.4, -0.2) is 44.9 Å². The molecule has 7 heteroatoms. The molecule has 1 aromatic carbocycles. The van der Waals surface area contributed by atoms with E-state index >= 15 is 0 Å². The topological polar surface area (TPSA) is 77.0 Å². The molecule has 0 spiro atoms. The van der Waals surface area contributed by atoms with Crippen molar-refractivity contribution in [1.82, 2.24) is 15.6 Å². The first-order valence-corrected chi connectivity index (χ1v) is 9.89. The van der Waals surface area contributed by atoms with E-state index in [0.717, 1.165) is 28.9 Å². The molecule has 29 heavy (non-hydrogen) atoms. The highest BCUT2D eigenvalue weighted by atomic mass is 16.5. The van der Waals surface area contributed by atoms with E-state index in [0.29, 0.717) is 44.7 Å². The summed E-state index contributed by atoms with van der Waals surface area (Å²) in [6.45, 7) is 7.09. The summed E-state index contributed by atoms with van der Waals surface area (Å²) in [5, 5.41) is 6.63. The second-order valence-electron chi connectivity index (χ2n) is 6.58. The number of guanidine groups is 1. The summed E-state index contributed by atoms with van der Waals surface area (Å²) < 4.78 is 16.4. The van der Waals surface area contributed by atoms with Crippen LogP contribution in [0, 0.1) is 6.92 Å². The third kappa shape index (κ3) is 7.99. The zero-order valence-corrected chi connectivity index (χ0v) is 17.8. The summed E-state index contributed by atoms with van der Waals surface area (Å²) in [6.07, 6.45) is 2.78. The predicted octanol–water partition coefficient (Wildman–Crippen LogP) is 3.07. The molecule has 0 atom stereocenters. The van der Waals surface area contributed by atoms with E-state index < -0.39 is 0 Å². The number of aliphatic imine (C=N–C) groups is 1. The molecular weight excluding hydrogens is 368 g/mol. The minimum atomic E-state index is 0.519. The van der Waals surface area contributed by atoms with Gasteiger partial charge in [0.05, 0.1) is 13.2 Å². The van der Waals surface area contributed by atoms with Crippen LogP contribution in [0.2, 0.25) is 0 Å². The highest BCUT2D eigenvalue weighted by Crippen LogP contribution is 2.20. The van der Waals surface area contributed by atoms with Crippen LogP contribution >= 0.6 is 0 Å². The Morgan fingerprint density at radius 2 is 1.86 bits per heavy atom. The van der Waals surface area contributed by atoms with Gasteiger partial charge in [-0.1, -0.05) is 25.1 Å². The quantitative estimate of drug-likeness (QED) is 0.343. The fourth-order valence-corrected chi connectivity index (χ4v) is 2.57. The Labute approximate surface area is 173 Å². The third-order valence-electron chi connectivity index (χ3n) is 4.15. The molecule has 0 radical (unpaired) electrons. The van der Waals surface area contributed by atoms with Gasteiger partial charge in [0, 0.05) is 45.1 Å². The van der Waals surface area contributed by atoms with Gasteiger partial charge in [0.15, 0.2) is 5.96 Å². The van der Waals surface area contributed by atoms with Crippen LogP contribution in [0.3, 0.4) is 0 Å². The molecule has 0 saturated carbocycles. The van der Waals surface area contributed by atoms with E-state index in [1.165, 1.54) is 0 Å². The monoisotopic (exact) mass is 400 g/mol. The number of rotatable bonds is 11. The fraction of sp³-hybridized carbons (Fsp3) is 0.455. The van der Waals surface area contributed by atoms with Crippen molar-refractivity contribution in [2.45, 2.75) is 33.4 Å². The number of nitrogens with zero attached hydrogens (tertiary/aromatic N) is 2. The summed E-state index contributed by atoms with van der Waals surface area (Å²) >= 11 is 0. The van der Waals surface area contributed by atoms with Crippen molar-refractivity contribution in [2.24, 2.45) is 4.99 Å². The first kappa shape index (κ1) is 22.5. The molecule has 2 aromatic rings. The number of hydrogen-bond acceptors (Lipinski definition) is 5. The van der Waals surface area contributed by atoms with Crippen molar-refractivity contribution in [3.05, 3.63) is 53.2 Å². The maximum Gasteiger partial charge on any atom is 0.213 e. The normalized spacial score (nSPS) is 11.2. The summed E-state index contributed by atoms with van der Waals surface area (Å²) in [5.74, 6) is 2.22. The minimum absolute atomic E-state index is 0.519. The SMILES string of the molecule is CCCOc1ccc(CNC(=NC)NCc2ccc(C)cc2OCCOC)cn1. The van der Waals surface area contributed by atoms with E-state index in [1.807, 2.05) is 31.3 Å². The lowest BCUT2D eigenvalue weighted by Gasteiger charge is -2.15. The Bertz CT molecular complexity index is 763. The van der Waals surface area contributed by atoms with E-state index in [1.54, 1.807) is 14.2 Å². The molecule has 2 rings (SSSR count). The Balaban J connectivity index is 1.87. The number of benzene rings is 1. The number of aryl methyl sites for hydroxylation is 1. The van der Waals surface area contributed by atoms with E-state index in [9.17, 15) is 0 Å². The Morgan fingerprint density at radius 3 is 2.55 bits per heavy atom. The van der Waals surface area contributed by atoms with Crippen molar-refractivity contribution in [2.75, 3.05) is 34.0 Å². The Kier molecular flexibility index (Phi) is 9.78. The zero-order chi connectivity index (χ0) is 20.9. The molecule has 0 fully saturated rings. The molecule has 158 valence electrons. The molecule has 0 amide bonds. The number of nitrogens with one attached hydrogen (secondary N) is 2. The minimum Gasteiger partial charge on any atom is -0.491 e. The lowest BCUT2D eigenvalue weighted by molar-refractivity contribution is 0.145.